The van der Waals surface area contributed by atoms with Crippen molar-refractivity contribution >= 4 is 11.9 Å². The molecule has 1 aliphatic rings. The second kappa shape index (κ2) is 7.24. The molecular weight excluding hydrogens is 284 g/mol. The molecule has 0 bridgehead atoms. The molecule has 1 aromatic heterocycles. The minimum Gasteiger partial charge on any atom is -0.480 e. The lowest BCUT2D eigenvalue weighted by atomic mass is 10.2. The summed E-state index contributed by atoms with van der Waals surface area (Å²) in [7, 11) is 0. The zero-order valence-electron chi connectivity index (χ0n) is 12.8. The fourth-order valence-corrected chi connectivity index (χ4v) is 2.85. The van der Waals surface area contributed by atoms with Crippen LogP contribution in [0.3, 0.4) is 0 Å². The van der Waals surface area contributed by atoms with E-state index in [-0.39, 0.29) is 11.5 Å². The third-order valence-electron chi connectivity index (χ3n) is 4.03. The summed E-state index contributed by atoms with van der Waals surface area (Å²) in [5.74, 6) is -1.02. The van der Waals surface area contributed by atoms with Gasteiger partial charge in [0, 0.05) is 31.8 Å². The molecular formula is C16H22N2O4. The van der Waals surface area contributed by atoms with Gasteiger partial charge in [0.15, 0.2) is 0 Å². The molecule has 1 aromatic rings. The van der Waals surface area contributed by atoms with Gasteiger partial charge in [-0.2, -0.15) is 0 Å². The zero-order valence-corrected chi connectivity index (χ0v) is 12.8. The van der Waals surface area contributed by atoms with Gasteiger partial charge in [0.05, 0.1) is 0 Å². The van der Waals surface area contributed by atoms with E-state index >= 15 is 0 Å². The number of amides is 1. The van der Waals surface area contributed by atoms with Crippen molar-refractivity contribution in [2.24, 2.45) is 0 Å². The number of aromatic nitrogens is 1. The molecule has 0 aliphatic carbocycles. The van der Waals surface area contributed by atoms with Crippen LogP contribution in [0.1, 0.15) is 37.7 Å². The maximum absolute atomic E-state index is 12.1. The van der Waals surface area contributed by atoms with E-state index in [9.17, 15) is 14.4 Å². The first-order valence-corrected chi connectivity index (χ1v) is 7.68. The summed E-state index contributed by atoms with van der Waals surface area (Å²) in [4.78, 5) is 36.3. The molecule has 6 nitrogen and oxygen atoms in total. The quantitative estimate of drug-likeness (QED) is 0.806. The molecule has 1 N–H and O–H groups in total. The van der Waals surface area contributed by atoms with Gasteiger partial charge in [0.2, 0.25) is 5.91 Å². The Morgan fingerprint density at radius 3 is 2.82 bits per heavy atom. The van der Waals surface area contributed by atoms with Crippen LogP contribution in [0.15, 0.2) is 23.1 Å². The molecule has 0 radical (unpaired) electrons. The van der Waals surface area contributed by atoms with E-state index in [0.717, 1.165) is 18.4 Å². The zero-order chi connectivity index (χ0) is 16.1. The normalized spacial score (nSPS) is 17.7. The first-order valence-electron chi connectivity index (χ1n) is 7.68. The average Bonchev–Trinajstić information content (AvgIpc) is 2.96. The molecule has 0 aromatic carbocycles. The van der Waals surface area contributed by atoms with Gasteiger partial charge in [-0.15, -0.1) is 0 Å². The summed E-state index contributed by atoms with van der Waals surface area (Å²) in [5, 5.41) is 9.08. The van der Waals surface area contributed by atoms with E-state index in [0.29, 0.717) is 32.4 Å². The number of carboxylic acid groups (broad SMARTS) is 1. The summed E-state index contributed by atoms with van der Waals surface area (Å²) in [6.45, 7) is 3.04. The van der Waals surface area contributed by atoms with Crippen LogP contribution in [-0.4, -0.2) is 39.0 Å². The number of rotatable bonds is 6. The van der Waals surface area contributed by atoms with Gasteiger partial charge in [-0.3, -0.25) is 9.59 Å². The predicted molar refractivity (Wildman–Crippen MR) is 81.7 cm³/mol. The number of carboxylic acids is 1. The van der Waals surface area contributed by atoms with E-state index in [1.807, 2.05) is 13.1 Å². The van der Waals surface area contributed by atoms with E-state index < -0.39 is 12.0 Å². The first-order chi connectivity index (χ1) is 10.5. The molecule has 6 heteroatoms. The van der Waals surface area contributed by atoms with E-state index in [2.05, 4.69) is 0 Å². The van der Waals surface area contributed by atoms with Gasteiger partial charge in [0.25, 0.3) is 5.56 Å². The molecule has 1 atom stereocenters. The lowest BCUT2D eigenvalue weighted by molar-refractivity contribution is -0.148. The van der Waals surface area contributed by atoms with Crippen LogP contribution in [0, 0.1) is 6.92 Å². The van der Waals surface area contributed by atoms with Crippen molar-refractivity contribution in [3.63, 3.8) is 0 Å². The molecule has 1 aliphatic heterocycles. The van der Waals surface area contributed by atoms with E-state index in [1.165, 1.54) is 4.90 Å². The largest absolute Gasteiger partial charge is 0.480 e. The van der Waals surface area contributed by atoms with Gasteiger partial charge in [-0.25, -0.2) is 4.79 Å². The first kappa shape index (κ1) is 16.3. The van der Waals surface area contributed by atoms with Crippen LogP contribution in [-0.2, 0) is 16.1 Å². The Morgan fingerprint density at radius 1 is 1.32 bits per heavy atom. The Morgan fingerprint density at radius 2 is 2.09 bits per heavy atom. The Hall–Kier alpha value is -2.11. The molecule has 1 unspecified atom stereocenters. The molecule has 2 heterocycles. The number of pyridine rings is 1. The minimum absolute atomic E-state index is 0.0394. The number of nitrogens with zero attached hydrogens (tertiary/aromatic N) is 2. The average molecular weight is 306 g/mol. The predicted octanol–water partition coefficient (Wildman–Crippen LogP) is 1.40. The van der Waals surface area contributed by atoms with Gasteiger partial charge in [-0.1, -0.05) is 6.07 Å². The molecule has 2 rings (SSSR count). The highest BCUT2D eigenvalue weighted by atomic mass is 16.4. The van der Waals surface area contributed by atoms with Crippen LogP contribution in [0.5, 0.6) is 0 Å². The Kier molecular flexibility index (Phi) is 5.35. The number of unbranched alkanes of at least 4 members (excludes halogenated alkanes) is 1. The van der Waals surface area contributed by atoms with Crippen molar-refractivity contribution in [2.75, 3.05) is 6.54 Å². The van der Waals surface area contributed by atoms with Crippen LogP contribution in [0.2, 0.25) is 0 Å². The van der Waals surface area contributed by atoms with Crippen LogP contribution in [0.25, 0.3) is 0 Å². The van der Waals surface area contributed by atoms with Crippen molar-refractivity contribution < 1.29 is 14.7 Å². The van der Waals surface area contributed by atoms with Crippen LogP contribution in [0.4, 0.5) is 0 Å². The number of aliphatic carboxylic acids is 1. The van der Waals surface area contributed by atoms with Crippen molar-refractivity contribution in [1.29, 1.82) is 0 Å². The van der Waals surface area contributed by atoms with Crippen LogP contribution < -0.4 is 5.56 Å². The monoisotopic (exact) mass is 306 g/mol. The van der Waals surface area contributed by atoms with Crippen molar-refractivity contribution in [3.05, 3.63) is 34.2 Å². The van der Waals surface area contributed by atoms with E-state index in [4.69, 9.17) is 5.11 Å². The second-order valence-corrected chi connectivity index (χ2v) is 5.78. The van der Waals surface area contributed by atoms with Gasteiger partial charge < -0.3 is 14.6 Å². The summed E-state index contributed by atoms with van der Waals surface area (Å²) in [6.07, 6.45) is 4.82. The summed E-state index contributed by atoms with van der Waals surface area (Å²) >= 11 is 0. The van der Waals surface area contributed by atoms with Gasteiger partial charge in [-0.05, 0) is 38.2 Å². The molecule has 0 saturated carbocycles. The third kappa shape index (κ3) is 3.96. The Balaban J connectivity index is 1.79. The topological polar surface area (TPSA) is 79.6 Å². The lowest BCUT2D eigenvalue weighted by Gasteiger charge is -2.21. The van der Waals surface area contributed by atoms with Crippen molar-refractivity contribution in [1.82, 2.24) is 9.47 Å². The lowest BCUT2D eigenvalue weighted by Crippen LogP contribution is -2.40. The Labute approximate surface area is 129 Å². The molecule has 120 valence electrons. The standard InChI is InChI=1S/C16H22N2O4/c1-12-7-8-14(19)17(11-12)9-3-2-6-15(20)18-10-4-5-13(18)16(21)22/h7-8,11,13H,2-6,9-10H2,1H3,(H,21,22). The SMILES string of the molecule is Cc1ccc(=O)n(CCCCC(=O)N2CCCC2C(=O)O)c1. The van der Waals surface area contributed by atoms with Crippen molar-refractivity contribution in [2.45, 2.75) is 51.6 Å². The molecule has 1 fully saturated rings. The van der Waals surface area contributed by atoms with Gasteiger partial charge in [0.1, 0.15) is 6.04 Å². The maximum atomic E-state index is 12.1. The van der Waals surface area contributed by atoms with Crippen molar-refractivity contribution in [3.8, 4) is 0 Å². The smallest absolute Gasteiger partial charge is 0.326 e. The molecule has 0 spiro atoms. The summed E-state index contributed by atoms with van der Waals surface area (Å²) in [6, 6.07) is 2.66. The molecule has 1 saturated heterocycles. The number of hydrogen-bond acceptors (Lipinski definition) is 3. The maximum Gasteiger partial charge on any atom is 0.326 e. The van der Waals surface area contributed by atoms with E-state index in [1.54, 1.807) is 16.7 Å². The number of aryl methyl sites for hydroxylation is 2. The fraction of sp³-hybridized carbons (Fsp3) is 0.562. The number of carbonyl (C=O) groups is 2. The Bertz CT molecular complexity index is 608. The number of carbonyl (C=O) groups excluding carboxylic acids is 1. The highest BCUT2D eigenvalue weighted by Crippen LogP contribution is 2.19. The second-order valence-electron chi connectivity index (χ2n) is 5.78. The van der Waals surface area contributed by atoms with Gasteiger partial charge >= 0.3 is 5.97 Å². The number of likely N-dealkylation sites (tertiary alicyclic amines) is 1. The fourth-order valence-electron chi connectivity index (χ4n) is 2.85. The molecule has 1 amide bonds. The number of hydrogen-bond donors (Lipinski definition) is 1. The summed E-state index contributed by atoms with van der Waals surface area (Å²) in [5.41, 5.74) is 0.986. The molecule has 22 heavy (non-hydrogen) atoms. The van der Waals surface area contributed by atoms with Crippen LogP contribution >= 0.6 is 0 Å². The minimum atomic E-state index is -0.919. The highest BCUT2D eigenvalue weighted by Gasteiger charge is 2.33. The summed E-state index contributed by atoms with van der Waals surface area (Å²) < 4.78 is 1.65. The third-order valence-corrected chi connectivity index (χ3v) is 4.03. The highest BCUT2D eigenvalue weighted by molar-refractivity contribution is 5.84.